The summed E-state index contributed by atoms with van der Waals surface area (Å²) in [6, 6.07) is 12.6. The molecule has 0 bridgehead atoms. The van der Waals surface area contributed by atoms with E-state index in [2.05, 4.69) is 26.5 Å². The standard InChI is InChI=1S/C18H19BrN2O4/c1-3-24-17-10-13(4-9-16(17)23-2)11-20-21-18(22)12-25-15-7-5-14(19)6-8-15/h4-11H,3,12H2,1-2H3,(H,21,22)/b20-11+. The van der Waals surface area contributed by atoms with Crippen LogP contribution in [0.15, 0.2) is 52.0 Å². The van der Waals surface area contributed by atoms with Gasteiger partial charge in [0.1, 0.15) is 5.75 Å². The molecule has 25 heavy (non-hydrogen) atoms. The first-order valence-corrected chi connectivity index (χ1v) is 8.42. The SMILES string of the molecule is CCOc1cc(/C=N/NC(=O)COc2ccc(Br)cc2)ccc1OC. The van der Waals surface area contributed by atoms with E-state index in [4.69, 9.17) is 14.2 Å². The molecule has 0 saturated carbocycles. The lowest BCUT2D eigenvalue weighted by molar-refractivity contribution is -0.123. The van der Waals surface area contributed by atoms with Gasteiger partial charge in [0.05, 0.1) is 19.9 Å². The van der Waals surface area contributed by atoms with Crippen molar-refractivity contribution < 1.29 is 19.0 Å². The van der Waals surface area contributed by atoms with Gasteiger partial charge in [-0.05, 0) is 55.0 Å². The zero-order chi connectivity index (χ0) is 18.1. The average Bonchev–Trinajstić information content (AvgIpc) is 2.62. The van der Waals surface area contributed by atoms with Gasteiger partial charge in [0.15, 0.2) is 18.1 Å². The van der Waals surface area contributed by atoms with Crippen molar-refractivity contribution >= 4 is 28.1 Å². The summed E-state index contributed by atoms with van der Waals surface area (Å²) in [6.07, 6.45) is 1.53. The number of hydrogen-bond acceptors (Lipinski definition) is 5. The summed E-state index contributed by atoms with van der Waals surface area (Å²) in [4.78, 5) is 11.7. The van der Waals surface area contributed by atoms with Gasteiger partial charge in [-0.1, -0.05) is 15.9 Å². The fourth-order valence-electron chi connectivity index (χ4n) is 1.93. The number of hydrazone groups is 1. The van der Waals surface area contributed by atoms with Crippen LogP contribution in [-0.4, -0.2) is 32.4 Å². The van der Waals surface area contributed by atoms with Crippen LogP contribution in [0.5, 0.6) is 17.2 Å². The summed E-state index contributed by atoms with van der Waals surface area (Å²) in [5.74, 6) is 1.53. The third-order valence-electron chi connectivity index (χ3n) is 3.07. The maximum atomic E-state index is 11.7. The number of amides is 1. The van der Waals surface area contributed by atoms with Gasteiger partial charge in [-0.25, -0.2) is 5.43 Å². The number of carbonyl (C=O) groups is 1. The van der Waals surface area contributed by atoms with Crippen LogP contribution in [0.3, 0.4) is 0 Å². The monoisotopic (exact) mass is 406 g/mol. The molecule has 0 saturated heterocycles. The molecule has 0 aromatic heterocycles. The molecule has 1 amide bonds. The molecule has 0 aliphatic heterocycles. The molecule has 0 spiro atoms. The Morgan fingerprint density at radius 1 is 1.16 bits per heavy atom. The van der Waals surface area contributed by atoms with Crippen molar-refractivity contribution in [3.8, 4) is 17.2 Å². The Morgan fingerprint density at radius 2 is 1.92 bits per heavy atom. The van der Waals surface area contributed by atoms with Crippen LogP contribution < -0.4 is 19.6 Å². The molecule has 2 rings (SSSR count). The van der Waals surface area contributed by atoms with E-state index in [-0.39, 0.29) is 12.5 Å². The number of benzene rings is 2. The van der Waals surface area contributed by atoms with Crippen LogP contribution in [0.1, 0.15) is 12.5 Å². The topological polar surface area (TPSA) is 69.2 Å². The van der Waals surface area contributed by atoms with Crippen molar-refractivity contribution in [2.45, 2.75) is 6.92 Å². The molecule has 2 aromatic carbocycles. The maximum Gasteiger partial charge on any atom is 0.277 e. The Morgan fingerprint density at radius 3 is 2.60 bits per heavy atom. The molecule has 0 heterocycles. The largest absolute Gasteiger partial charge is 0.493 e. The quantitative estimate of drug-likeness (QED) is 0.538. The predicted molar refractivity (Wildman–Crippen MR) is 99.5 cm³/mol. The lowest BCUT2D eigenvalue weighted by Gasteiger charge is -2.09. The molecule has 0 fully saturated rings. The van der Waals surface area contributed by atoms with Crippen molar-refractivity contribution in [2.24, 2.45) is 5.10 Å². The van der Waals surface area contributed by atoms with Crippen LogP contribution in [0.4, 0.5) is 0 Å². The molecule has 132 valence electrons. The van der Waals surface area contributed by atoms with E-state index in [1.165, 1.54) is 6.21 Å². The highest BCUT2D eigenvalue weighted by molar-refractivity contribution is 9.10. The number of hydrogen-bond donors (Lipinski definition) is 1. The van der Waals surface area contributed by atoms with E-state index >= 15 is 0 Å². The van der Waals surface area contributed by atoms with Crippen molar-refractivity contribution in [3.63, 3.8) is 0 Å². The lowest BCUT2D eigenvalue weighted by atomic mass is 10.2. The number of carbonyl (C=O) groups excluding carboxylic acids is 1. The molecule has 0 aliphatic carbocycles. The summed E-state index contributed by atoms with van der Waals surface area (Å²) < 4.78 is 17.0. The maximum absolute atomic E-state index is 11.7. The third kappa shape index (κ3) is 6.11. The number of nitrogens with zero attached hydrogens (tertiary/aromatic N) is 1. The molecule has 0 radical (unpaired) electrons. The minimum atomic E-state index is -0.349. The number of ether oxygens (including phenoxy) is 3. The first kappa shape index (κ1) is 18.8. The molecule has 1 N–H and O–H groups in total. The van der Waals surface area contributed by atoms with Crippen LogP contribution in [0, 0.1) is 0 Å². The van der Waals surface area contributed by atoms with E-state index in [0.29, 0.717) is 23.9 Å². The Bertz CT molecular complexity index is 732. The molecular weight excluding hydrogens is 388 g/mol. The van der Waals surface area contributed by atoms with E-state index in [0.717, 1.165) is 10.0 Å². The third-order valence-corrected chi connectivity index (χ3v) is 3.60. The number of halogens is 1. The fraction of sp³-hybridized carbons (Fsp3) is 0.222. The summed E-state index contributed by atoms with van der Waals surface area (Å²) in [6.45, 7) is 2.30. The Labute approximate surface area is 154 Å². The Kier molecular flexibility index (Phi) is 7.28. The van der Waals surface area contributed by atoms with Crippen molar-refractivity contribution in [1.82, 2.24) is 5.43 Å². The van der Waals surface area contributed by atoms with E-state index in [1.54, 1.807) is 31.4 Å². The highest BCUT2D eigenvalue weighted by Crippen LogP contribution is 2.27. The molecule has 0 aliphatic rings. The zero-order valence-corrected chi connectivity index (χ0v) is 15.6. The van der Waals surface area contributed by atoms with Crippen molar-refractivity contribution in [3.05, 3.63) is 52.5 Å². The van der Waals surface area contributed by atoms with Crippen LogP contribution in [-0.2, 0) is 4.79 Å². The average molecular weight is 407 g/mol. The normalized spacial score (nSPS) is 10.5. The number of methoxy groups -OCH3 is 1. The summed E-state index contributed by atoms with van der Waals surface area (Å²) in [7, 11) is 1.58. The van der Waals surface area contributed by atoms with E-state index < -0.39 is 0 Å². The lowest BCUT2D eigenvalue weighted by Crippen LogP contribution is -2.24. The van der Waals surface area contributed by atoms with E-state index in [1.807, 2.05) is 25.1 Å². The van der Waals surface area contributed by atoms with Gasteiger partial charge < -0.3 is 14.2 Å². The second-order valence-electron chi connectivity index (χ2n) is 4.88. The molecule has 2 aromatic rings. The van der Waals surface area contributed by atoms with Gasteiger partial charge in [0.25, 0.3) is 5.91 Å². The minimum absolute atomic E-state index is 0.119. The van der Waals surface area contributed by atoms with Crippen LogP contribution in [0.25, 0.3) is 0 Å². The minimum Gasteiger partial charge on any atom is -0.493 e. The van der Waals surface area contributed by atoms with Crippen LogP contribution in [0.2, 0.25) is 0 Å². The highest BCUT2D eigenvalue weighted by atomic mass is 79.9. The highest BCUT2D eigenvalue weighted by Gasteiger charge is 2.05. The van der Waals surface area contributed by atoms with Gasteiger partial charge >= 0.3 is 0 Å². The van der Waals surface area contributed by atoms with Gasteiger partial charge in [-0.3, -0.25) is 4.79 Å². The summed E-state index contributed by atoms with van der Waals surface area (Å²) in [5.41, 5.74) is 3.19. The zero-order valence-electron chi connectivity index (χ0n) is 14.0. The number of rotatable bonds is 8. The van der Waals surface area contributed by atoms with Crippen molar-refractivity contribution in [1.29, 1.82) is 0 Å². The molecule has 7 heteroatoms. The predicted octanol–water partition coefficient (Wildman–Crippen LogP) is 3.39. The van der Waals surface area contributed by atoms with Gasteiger partial charge in [-0.15, -0.1) is 0 Å². The molecule has 6 nitrogen and oxygen atoms in total. The molecule has 0 unspecified atom stereocenters. The number of nitrogens with one attached hydrogen (secondary N) is 1. The smallest absolute Gasteiger partial charge is 0.277 e. The molecular formula is C18H19BrN2O4. The Hall–Kier alpha value is -2.54. The fourth-order valence-corrected chi connectivity index (χ4v) is 2.20. The van der Waals surface area contributed by atoms with Gasteiger partial charge in [0, 0.05) is 4.47 Å². The van der Waals surface area contributed by atoms with E-state index in [9.17, 15) is 4.79 Å². The molecule has 0 atom stereocenters. The summed E-state index contributed by atoms with van der Waals surface area (Å²) in [5, 5.41) is 3.92. The Balaban J connectivity index is 1.86. The second kappa shape index (κ2) is 9.68. The van der Waals surface area contributed by atoms with Crippen LogP contribution >= 0.6 is 15.9 Å². The first-order chi connectivity index (χ1) is 12.1. The van der Waals surface area contributed by atoms with Gasteiger partial charge in [0.2, 0.25) is 0 Å². The second-order valence-corrected chi connectivity index (χ2v) is 5.79. The summed E-state index contributed by atoms with van der Waals surface area (Å²) >= 11 is 3.33. The first-order valence-electron chi connectivity index (χ1n) is 7.63. The van der Waals surface area contributed by atoms with Gasteiger partial charge in [-0.2, -0.15) is 5.10 Å². The van der Waals surface area contributed by atoms with Crippen molar-refractivity contribution in [2.75, 3.05) is 20.3 Å².